The average molecular weight is 306 g/mol. The number of aromatic carboxylic acids is 1. The summed E-state index contributed by atoms with van der Waals surface area (Å²) < 4.78 is 50.5. The molecule has 0 saturated carbocycles. The largest absolute Gasteiger partial charge is 0.477 e. The molecule has 0 aliphatic carbocycles. The van der Waals surface area contributed by atoms with Gasteiger partial charge in [-0.2, -0.15) is 13.2 Å². The van der Waals surface area contributed by atoms with Crippen LogP contribution in [0, 0.1) is 5.82 Å². The number of carboxylic acids is 1. The van der Waals surface area contributed by atoms with Crippen LogP contribution < -0.4 is 5.32 Å². The second-order valence-corrected chi connectivity index (χ2v) is 4.63. The predicted molar refractivity (Wildman–Crippen MR) is 63.8 cm³/mol. The number of benzene rings is 1. The van der Waals surface area contributed by atoms with Crippen LogP contribution in [0.1, 0.15) is 15.4 Å². The van der Waals surface area contributed by atoms with Crippen molar-refractivity contribution in [3.05, 3.63) is 40.7 Å². The van der Waals surface area contributed by atoms with Crippen LogP contribution in [0.3, 0.4) is 0 Å². The topological polar surface area (TPSA) is 62.2 Å². The van der Waals surface area contributed by atoms with Crippen LogP contribution in [0.15, 0.2) is 24.3 Å². The third-order valence-corrected chi connectivity index (χ3v) is 3.14. The van der Waals surface area contributed by atoms with E-state index in [0.717, 1.165) is 12.1 Å². The zero-order valence-corrected chi connectivity index (χ0v) is 10.3. The van der Waals surface area contributed by atoms with Gasteiger partial charge in [-0.05, 0) is 24.3 Å². The molecule has 2 N–H and O–H groups in total. The van der Waals surface area contributed by atoms with E-state index in [1.807, 2.05) is 0 Å². The monoisotopic (exact) mass is 306 g/mol. The minimum Gasteiger partial charge on any atom is -0.477 e. The minimum atomic E-state index is -4.85. The van der Waals surface area contributed by atoms with Gasteiger partial charge in [-0.3, -0.25) is 0 Å². The normalized spacial score (nSPS) is 11.4. The van der Waals surface area contributed by atoms with Crippen LogP contribution in [-0.2, 0) is 6.18 Å². The zero-order chi connectivity index (χ0) is 14.9. The molecule has 9 heteroatoms. The molecule has 106 valence electrons. The third-order valence-electron chi connectivity index (χ3n) is 2.19. The number of hydrogen-bond acceptors (Lipinski definition) is 4. The summed E-state index contributed by atoms with van der Waals surface area (Å²) in [7, 11) is 0. The second kappa shape index (κ2) is 5.08. The summed E-state index contributed by atoms with van der Waals surface area (Å²) in [6, 6.07) is 4.81. The van der Waals surface area contributed by atoms with Crippen LogP contribution in [-0.4, -0.2) is 16.1 Å². The van der Waals surface area contributed by atoms with E-state index in [9.17, 15) is 22.4 Å². The van der Waals surface area contributed by atoms with Gasteiger partial charge in [-0.15, -0.1) is 0 Å². The lowest BCUT2D eigenvalue weighted by atomic mass is 10.3. The highest BCUT2D eigenvalue weighted by atomic mass is 32.1. The lowest BCUT2D eigenvalue weighted by Crippen LogP contribution is -2.11. The third kappa shape index (κ3) is 3.05. The summed E-state index contributed by atoms with van der Waals surface area (Å²) in [5.41, 5.74) is -1.16. The Kier molecular flexibility index (Phi) is 3.62. The Morgan fingerprint density at radius 1 is 1.25 bits per heavy atom. The van der Waals surface area contributed by atoms with Crippen molar-refractivity contribution in [2.24, 2.45) is 0 Å². The van der Waals surface area contributed by atoms with Crippen LogP contribution in [0.4, 0.5) is 28.4 Å². The van der Waals surface area contributed by atoms with Crippen molar-refractivity contribution >= 4 is 28.1 Å². The van der Waals surface area contributed by atoms with Crippen molar-refractivity contribution in [3.8, 4) is 0 Å². The second-order valence-electron chi connectivity index (χ2n) is 3.63. The van der Waals surface area contributed by atoms with Crippen LogP contribution >= 0.6 is 11.3 Å². The summed E-state index contributed by atoms with van der Waals surface area (Å²) >= 11 is 0.358. The summed E-state index contributed by atoms with van der Waals surface area (Å²) in [6.45, 7) is 0. The summed E-state index contributed by atoms with van der Waals surface area (Å²) in [5.74, 6) is -2.21. The maximum absolute atomic E-state index is 12.7. The van der Waals surface area contributed by atoms with E-state index in [4.69, 9.17) is 5.11 Å². The number of nitrogens with one attached hydrogen (secondary N) is 1. The van der Waals surface area contributed by atoms with Crippen LogP contribution in [0.25, 0.3) is 0 Å². The van der Waals surface area contributed by atoms with E-state index in [2.05, 4.69) is 10.3 Å². The molecule has 0 saturated heterocycles. The van der Waals surface area contributed by atoms with Gasteiger partial charge >= 0.3 is 12.1 Å². The van der Waals surface area contributed by atoms with Crippen molar-refractivity contribution in [1.29, 1.82) is 0 Å². The number of carboxylic acid groups (broad SMARTS) is 1. The Hall–Kier alpha value is -2.16. The smallest absolute Gasteiger partial charge is 0.435 e. The van der Waals surface area contributed by atoms with E-state index in [1.54, 1.807) is 0 Å². The zero-order valence-electron chi connectivity index (χ0n) is 9.53. The Labute approximate surface area is 113 Å². The van der Waals surface area contributed by atoms with E-state index >= 15 is 0 Å². The van der Waals surface area contributed by atoms with Crippen molar-refractivity contribution in [1.82, 2.24) is 4.98 Å². The molecule has 1 aromatic carbocycles. The summed E-state index contributed by atoms with van der Waals surface area (Å²) in [5, 5.41) is 11.0. The van der Waals surface area contributed by atoms with E-state index in [0.29, 0.717) is 17.0 Å². The van der Waals surface area contributed by atoms with Crippen molar-refractivity contribution < 1.29 is 27.5 Å². The first-order valence-corrected chi connectivity index (χ1v) is 5.93. The molecule has 2 aromatic rings. The standard InChI is InChI=1S/C11H6F4N2O2S/c12-5-1-3-6(4-2-5)16-10-17-8(11(13,14)15)7(20-10)9(18)19/h1-4H,(H,16,17)(H,18,19). The molecule has 1 aromatic heterocycles. The first-order chi connectivity index (χ1) is 9.27. The van der Waals surface area contributed by atoms with Gasteiger partial charge in [0.15, 0.2) is 10.8 Å². The van der Waals surface area contributed by atoms with Gasteiger partial charge in [-0.1, -0.05) is 11.3 Å². The lowest BCUT2D eigenvalue weighted by Gasteiger charge is -2.03. The number of hydrogen-bond donors (Lipinski definition) is 2. The molecule has 0 unspecified atom stereocenters. The molecule has 0 spiro atoms. The molecule has 0 fully saturated rings. The number of halogens is 4. The van der Waals surface area contributed by atoms with Crippen LogP contribution in [0.5, 0.6) is 0 Å². The molecule has 4 nitrogen and oxygen atoms in total. The van der Waals surface area contributed by atoms with Crippen molar-refractivity contribution in [2.45, 2.75) is 6.18 Å². The van der Waals surface area contributed by atoms with Crippen LogP contribution in [0.2, 0.25) is 0 Å². The average Bonchev–Trinajstić information content (AvgIpc) is 2.76. The fraction of sp³-hybridized carbons (Fsp3) is 0.0909. The Bertz CT molecular complexity index is 637. The van der Waals surface area contributed by atoms with Gasteiger partial charge in [-0.25, -0.2) is 14.2 Å². The number of thiazole rings is 1. The Morgan fingerprint density at radius 3 is 2.30 bits per heavy atom. The number of aromatic nitrogens is 1. The van der Waals surface area contributed by atoms with Crippen molar-refractivity contribution in [2.75, 3.05) is 5.32 Å². The number of nitrogens with zero attached hydrogens (tertiary/aromatic N) is 1. The highest BCUT2D eigenvalue weighted by Gasteiger charge is 2.39. The Morgan fingerprint density at radius 2 is 1.85 bits per heavy atom. The van der Waals surface area contributed by atoms with Gasteiger partial charge < -0.3 is 10.4 Å². The van der Waals surface area contributed by atoms with Gasteiger partial charge in [0.1, 0.15) is 10.7 Å². The molecule has 2 rings (SSSR count). The lowest BCUT2D eigenvalue weighted by molar-refractivity contribution is -0.141. The number of anilines is 2. The van der Waals surface area contributed by atoms with E-state index in [1.165, 1.54) is 12.1 Å². The summed E-state index contributed by atoms with van der Waals surface area (Å²) in [6.07, 6.45) is -4.85. The SMILES string of the molecule is O=C(O)c1sc(Nc2ccc(F)cc2)nc1C(F)(F)F. The molecule has 0 radical (unpaired) electrons. The molecule has 1 heterocycles. The maximum Gasteiger partial charge on any atom is 0.435 e. The highest BCUT2D eigenvalue weighted by molar-refractivity contribution is 7.17. The highest BCUT2D eigenvalue weighted by Crippen LogP contribution is 2.36. The minimum absolute atomic E-state index is 0.235. The number of carbonyl (C=O) groups is 1. The summed E-state index contributed by atoms with van der Waals surface area (Å²) in [4.78, 5) is 13.1. The van der Waals surface area contributed by atoms with Crippen molar-refractivity contribution in [3.63, 3.8) is 0 Å². The van der Waals surface area contributed by atoms with Gasteiger partial charge in [0.2, 0.25) is 0 Å². The molecule has 0 atom stereocenters. The van der Waals surface area contributed by atoms with E-state index in [-0.39, 0.29) is 5.13 Å². The molecular formula is C11H6F4N2O2S. The molecule has 0 amide bonds. The fourth-order valence-electron chi connectivity index (χ4n) is 1.37. The number of alkyl halides is 3. The van der Waals surface area contributed by atoms with Gasteiger partial charge in [0.25, 0.3) is 0 Å². The quantitative estimate of drug-likeness (QED) is 0.848. The van der Waals surface area contributed by atoms with Gasteiger partial charge in [0.05, 0.1) is 0 Å². The maximum atomic E-state index is 12.7. The predicted octanol–water partition coefficient (Wildman–Crippen LogP) is 3.74. The van der Waals surface area contributed by atoms with E-state index < -0.39 is 28.5 Å². The molecule has 0 aliphatic rings. The molecule has 0 aliphatic heterocycles. The first kappa shape index (κ1) is 14.3. The number of rotatable bonds is 3. The molecular weight excluding hydrogens is 300 g/mol. The first-order valence-electron chi connectivity index (χ1n) is 5.11. The van der Waals surface area contributed by atoms with Gasteiger partial charge in [0, 0.05) is 5.69 Å². The molecule has 20 heavy (non-hydrogen) atoms. The fourth-order valence-corrected chi connectivity index (χ4v) is 2.21. The Balaban J connectivity index is 2.34. The molecule has 0 bridgehead atoms.